The summed E-state index contributed by atoms with van der Waals surface area (Å²) < 4.78 is 8.63. The number of halogens is 2. The fourth-order valence-electron chi connectivity index (χ4n) is 4.71. The smallest absolute Gasteiger partial charge is 0.327 e. The second-order valence-electron chi connectivity index (χ2n) is 8.82. The molecule has 5 rings (SSSR count). The van der Waals surface area contributed by atoms with E-state index in [1.807, 2.05) is 13.0 Å². The van der Waals surface area contributed by atoms with Crippen LogP contribution in [0.25, 0.3) is 17.0 Å². The predicted octanol–water partition coefficient (Wildman–Crippen LogP) is 3.63. The molecule has 3 aromatic rings. The van der Waals surface area contributed by atoms with Gasteiger partial charge < -0.3 is 4.74 Å². The number of H-pyrrole nitrogens is 1. The van der Waals surface area contributed by atoms with Gasteiger partial charge in [0.1, 0.15) is 5.57 Å². The Bertz CT molecular complexity index is 1420. The summed E-state index contributed by atoms with van der Waals surface area (Å²) in [6.45, 7) is 2.73. The van der Waals surface area contributed by atoms with E-state index >= 15 is 0 Å². The highest BCUT2D eigenvalue weighted by molar-refractivity contribution is 6.44. The second-order valence-corrected chi connectivity index (χ2v) is 9.63. The zero-order valence-electron chi connectivity index (χ0n) is 19.7. The lowest BCUT2D eigenvalue weighted by Crippen LogP contribution is -2.42. The van der Waals surface area contributed by atoms with E-state index in [0.717, 1.165) is 19.3 Å². The molecule has 2 aliphatic rings. The molecule has 0 unspecified atom stereocenters. The van der Waals surface area contributed by atoms with Crippen LogP contribution in [-0.2, 0) is 20.7 Å². The highest BCUT2D eigenvalue weighted by Gasteiger charge is 2.48. The highest BCUT2D eigenvalue weighted by Crippen LogP contribution is 2.32. The lowest BCUT2D eigenvalue weighted by molar-refractivity contribution is -0.576. The molecular weight excluding hydrogens is 503 g/mol. The summed E-state index contributed by atoms with van der Waals surface area (Å²) in [6, 6.07) is 10.2. The summed E-state index contributed by atoms with van der Waals surface area (Å²) in [4.78, 5) is 42.5. The van der Waals surface area contributed by atoms with E-state index in [9.17, 15) is 14.4 Å². The quantitative estimate of drug-likeness (QED) is 0.375. The minimum absolute atomic E-state index is 0.0812. The lowest BCUT2D eigenvalue weighted by atomic mass is 10.0. The molecule has 0 aliphatic carbocycles. The first-order chi connectivity index (χ1) is 17.4. The van der Waals surface area contributed by atoms with Crippen LogP contribution < -0.4 is 10.1 Å². The number of pyridine rings is 1. The normalized spacial score (nSPS) is 18.1. The molecule has 1 saturated heterocycles. The largest absolute Gasteiger partial charge is 0.376 e. The number of hydrogen-bond acceptors (Lipinski definition) is 4. The first kappa shape index (κ1) is 24.5. The molecule has 1 fully saturated rings. The Morgan fingerprint density at radius 3 is 2.53 bits per heavy atom. The van der Waals surface area contributed by atoms with Crippen LogP contribution >= 0.6 is 23.2 Å². The van der Waals surface area contributed by atoms with Gasteiger partial charge in [0, 0.05) is 24.4 Å². The Morgan fingerprint density at radius 1 is 1.08 bits per heavy atom. The van der Waals surface area contributed by atoms with Crippen molar-refractivity contribution in [1.29, 1.82) is 0 Å². The number of imide groups is 1. The van der Waals surface area contributed by atoms with Crippen molar-refractivity contribution in [3.8, 4) is 5.69 Å². The molecule has 10 heteroatoms. The number of amides is 2. The average Bonchev–Trinajstić information content (AvgIpc) is 3.56. The Labute approximate surface area is 217 Å². The molecule has 36 heavy (non-hydrogen) atoms. The standard InChI is InChI=1S/C26H24Cl2N4O4/c1-2-7-20-21(25(34)32(29-20)16-9-10-18(27)19(28)14-16)22-23(30-11-4-3-5-12-30)26(35)31(24(22)33)15-17-8-6-13-36-17/h3-5,9-12,14,17H,2,6-8,13,15H2,1H3/p+1/t17-/m0/s1. The lowest BCUT2D eigenvalue weighted by Gasteiger charge is -2.18. The van der Waals surface area contributed by atoms with Gasteiger partial charge in [-0.2, -0.15) is 4.57 Å². The summed E-state index contributed by atoms with van der Waals surface area (Å²) in [5.74, 6) is -0.956. The number of benzene rings is 1. The highest BCUT2D eigenvalue weighted by atomic mass is 35.5. The molecule has 186 valence electrons. The number of aromatic amines is 1. The number of rotatable bonds is 7. The first-order valence-corrected chi connectivity index (χ1v) is 12.6. The molecule has 0 saturated carbocycles. The van der Waals surface area contributed by atoms with Gasteiger partial charge in [-0.25, -0.2) is 4.68 Å². The number of carbonyl (C=O) groups is 2. The van der Waals surface area contributed by atoms with Gasteiger partial charge in [-0.05, 0) is 37.5 Å². The molecule has 2 amide bonds. The van der Waals surface area contributed by atoms with E-state index < -0.39 is 17.4 Å². The van der Waals surface area contributed by atoms with Gasteiger partial charge in [0.25, 0.3) is 17.2 Å². The Kier molecular flexibility index (Phi) is 6.83. The van der Waals surface area contributed by atoms with Crippen molar-refractivity contribution in [2.24, 2.45) is 0 Å². The van der Waals surface area contributed by atoms with E-state index in [2.05, 4.69) is 5.10 Å². The van der Waals surface area contributed by atoms with Crippen molar-refractivity contribution in [2.75, 3.05) is 13.2 Å². The summed E-state index contributed by atoms with van der Waals surface area (Å²) in [7, 11) is 0. The van der Waals surface area contributed by atoms with Gasteiger partial charge in [-0.3, -0.25) is 24.4 Å². The predicted molar refractivity (Wildman–Crippen MR) is 136 cm³/mol. The summed E-state index contributed by atoms with van der Waals surface area (Å²) in [5, 5.41) is 3.80. The van der Waals surface area contributed by atoms with Crippen molar-refractivity contribution in [3.63, 3.8) is 0 Å². The summed E-state index contributed by atoms with van der Waals surface area (Å²) in [5.41, 5.74) is 1.01. The number of aryl methyl sites for hydroxylation is 1. The minimum atomic E-state index is -0.503. The van der Waals surface area contributed by atoms with Crippen LogP contribution in [0.2, 0.25) is 10.0 Å². The monoisotopic (exact) mass is 527 g/mol. The van der Waals surface area contributed by atoms with E-state index in [-0.39, 0.29) is 29.5 Å². The Morgan fingerprint density at radius 2 is 1.86 bits per heavy atom. The van der Waals surface area contributed by atoms with Crippen LogP contribution in [0, 0.1) is 0 Å². The fraction of sp³-hybridized carbons (Fsp3) is 0.308. The zero-order chi connectivity index (χ0) is 25.4. The third-order valence-electron chi connectivity index (χ3n) is 6.40. The van der Waals surface area contributed by atoms with Gasteiger partial charge in [0.15, 0.2) is 12.4 Å². The topological polar surface area (TPSA) is 88.3 Å². The maximum atomic E-state index is 13.8. The SMILES string of the molecule is CCCc1[nH]n(-c2ccc(Cl)c(Cl)c2)c(=O)c1C1=C([n+]2ccccc2)C(=O)N(C[C@@H]2CCCO2)C1=O. The zero-order valence-corrected chi connectivity index (χ0v) is 21.2. The molecule has 0 radical (unpaired) electrons. The average molecular weight is 528 g/mol. The van der Waals surface area contributed by atoms with Gasteiger partial charge >= 0.3 is 5.91 Å². The summed E-state index contributed by atoms with van der Waals surface area (Å²) >= 11 is 12.3. The first-order valence-electron chi connectivity index (χ1n) is 11.9. The fourth-order valence-corrected chi connectivity index (χ4v) is 5.00. The van der Waals surface area contributed by atoms with Gasteiger partial charge in [-0.1, -0.05) is 42.6 Å². The number of nitrogens with one attached hydrogen (secondary N) is 1. The molecule has 2 aromatic heterocycles. The van der Waals surface area contributed by atoms with Crippen molar-refractivity contribution < 1.29 is 18.9 Å². The number of aromatic nitrogens is 3. The molecule has 1 N–H and O–H groups in total. The number of ether oxygens (including phenoxy) is 1. The third kappa shape index (κ3) is 4.30. The van der Waals surface area contributed by atoms with Crippen LogP contribution in [-0.4, -0.2) is 45.8 Å². The van der Waals surface area contributed by atoms with E-state index in [4.69, 9.17) is 27.9 Å². The molecule has 0 spiro atoms. The molecule has 1 aromatic carbocycles. The third-order valence-corrected chi connectivity index (χ3v) is 7.14. The van der Waals surface area contributed by atoms with E-state index in [0.29, 0.717) is 34.5 Å². The van der Waals surface area contributed by atoms with E-state index in [1.54, 1.807) is 47.3 Å². The second kappa shape index (κ2) is 10.0. The van der Waals surface area contributed by atoms with Crippen molar-refractivity contribution in [1.82, 2.24) is 14.7 Å². The van der Waals surface area contributed by atoms with Crippen LogP contribution in [0.5, 0.6) is 0 Å². The van der Waals surface area contributed by atoms with Crippen LogP contribution in [0.3, 0.4) is 0 Å². The minimum Gasteiger partial charge on any atom is -0.376 e. The van der Waals surface area contributed by atoms with Crippen molar-refractivity contribution in [2.45, 2.75) is 38.7 Å². The van der Waals surface area contributed by atoms with Gasteiger partial charge in [0.05, 0.1) is 33.9 Å². The van der Waals surface area contributed by atoms with E-state index in [1.165, 1.54) is 9.58 Å². The molecule has 8 nitrogen and oxygen atoms in total. The van der Waals surface area contributed by atoms with Crippen molar-refractivity contribution >= 4 is 46.3 Å². The van der Waals surface area contributed by atoms with Crippen LogP contribution in [0.15, 0.2) is 53.6 Å². The Hall–Kier alpha value is -3.20. The molecular formula is C26H25Cl2N4O4+. The van der Waals surface area contributed by atoms with Gasteiger partial charge in [0.2, 0.25) is 0 Å². The molecule has 0 bridgehead atoms. The molecule has 1 atom stereocenters. The molecule has 4 heterocycles. The molecule has 2 aliphatic heterocycles. The van der Waals surface area contributed by atoms with Crippen molar-refractivity contribution in [3.05, 3.63) is 80.4 Å². The summed E-state index contributed by atoms with van der Waals surface area (Å²) in [6.07, 6.45) is 6.05. The number of carbonyl (C=O) groups excluding carboxylic acids is 2. The maximum absolute atomic E-state index is 13.8. The number of hydrogen-bond donors (Lipinski definition) is 1. The van der Waals surface area contributed by atoms with Crippen LogP contribution in [0.4, 0.5) is 0 Å². The maximum Gasteiger partial charge on any atom is 0.327 e. The van der Waals surface area contributed by atoms with Gasteiger partial charge in [-0.15, -0.1) is 0 Å². The van der Waals surface area contributed by atoms with Crippen LogP contribution in [0.1, 0.15) is 37.4 Å². The Balaban J connectivity index is 1.70. The number of nitrogens with zero attached hydrogens (tertiary/aromatic N) is 3.